The Morgan fingerprint density at radius 2 is 1.89 bits per heavy atom. The van der Waals surface area contributed by atoms with Gasteiger partial charge in [0.2, 0.25) is 0 Å². The average Bonchev–Trinajstić information content (AvgIpc) is 2.34. The SMILES string of the molecule is O=C(Cc1ccccc1)Oc1ccc(Cl)cc1Br. The zero-order valence-electron chi connectivity index (χ0n) is 9.40. The van der Waals surface area contributed by atoms with Crippen LogP contribution in [0.5, 0.6) is 5.75 Å². The van der Waals surface area contributed by atoms with Gasteiger partial charge in [-0.25, -0.2) is 0 Å². The van der Waals surface area contributed by atoms with E-state index >= 15 is 0 Å². The Kier molecular flexibility index (Phi) is 4.39. The van der Waals surface area contributed by atoms with E-state index < -0.39 is 0 Å². The van der Waals surface area contributed by atoms with Crippen LogP contribution in [0.2, 0.25) is 5.02 Å². The van der Waals surface area contributed by atoms with Crippen molar-refractivity contribution in [1.29, 1.82) is 0 Å². The number of hydrogen-bond donors (Lipinski definition) is 0. The van der Waals surface area contributed by atoms with Crippen LogP contribution in [-0.2, 0) is 11.2 Å². The molecule has 2 aromatic carbocycles. The Labute approximate surface area is 119 Å². The molecule has 18 heavy (non-hydrogen) atoms. The van der Waals surface area contributed by atoms with Crippen molar-refractivity contribution in [3.8, 4) is 5.75 Å². The van der Waals surface area contributed by atoms with Crippen molar-refractivity contribution < 1.29 is 9.53 Å². The third kappa shape index (κ3) is 3.59. The van der Waals surface area contributed by atoms with E-state index in [1.165, 1.54) is 0 Å². The Hall–Kier alpha value is -1.32. The number of carbonyl (C=O) groups excluding carboxylic acids is 1. The largest absolute Gasteiger partial charge is 0.425 e. The van der Waals surface area contributed by atoms with Crippen LogP contribution < -0.4 is 4.74 Å². The van der Waals surface area contributed by atoms with Crippen molar-refractivity contribution in [2.24, 2.45) is 0 Å². The number of ether oxygens (including phenoxy) is 1. The molecule has 0 aliphatic rings. The molecule has 0 N–H and O–H groups in total. The molecule has 0 fully saturated rings. The van der Waals surface area contributed by atoms with Gasteiger partial charge in [-0.3, -0.25) is 4.79 Å². The van der Waals surface area contributed by atoms with E-state index in [0.29, 0.717) is 15.2 Å². The van der Waals surface area contributed by atoms with Gasteiger partial charge >= 0.3 is 5.97 Å². The summed E-state index contributed by atoms with van der Waals surface area (Å²) in [4.78, 5) is 11.7. The molecule has 0 aliphatic carbocycles. The number of halogens is 2. The molecule has 0 amide bonds. The standard InChI is InChI=1S/C14H10BrClO2/c15-12-9-11(16)6-7-13(12)18-14(17)8-10-4-2-1-3-5-10/h1-7,9H,8H2. The van der Waals surface area contributed by atoms with E-state index in [0.717, 1.165) is 5.56 Å². The first-order valence-corrected chi connectivity index (χ1v) is 6.52. The molecule has 0 unspecified atom stereocenters. The monoisotopic (exact) mass is 324 g/mol. The average molecular weight is 326 g/mol. The third-order valence-electron chi connectivity index (χ3n) is 2.31. The Morgan fingerprint density at radius 3 is 2.56 bits per heavy atom. The lowest BCUT2D eigenvalue weighted by molar-refractivity contribution is -0.133. The van der Waals surface area contributed by atoms with Gasteiger partial charge in [0.15, 0.2) is 0 Å². The Bertz CT molecular complexity index is 555. The molecule has 4 heteroatoms. The summed E-state index contributed by atoms with van der Waals surface area (Å²) in [5, 5.41) is 0.588. The summed E-state index contributed by atoms with van der Waals surface area (Å²) in [7, 11) is 0. The fraction of sp³-hybridized carbons (Fsp3) is 0.0714. The molecule has 92 valence electrons. The third-order valence-corrected chi connectivity index (χ3v) is 3.16. The molecule has 2 aromatic rings. The van der Waals surface area contributed by atoms with Gasteiger partial charge in [0.25, 0.3) is 0 Å². The van der Waals surface area contributed by atoms with Crippen molar-refractivity contribution in [3.05, 3.63) is 63.6 Å². The predicted octanol–water partition coefficient (Wildman–Crippen LogP) is 4.25. The van der Waals surface area contributed by atoms with Crippen molar-refractivity contribution >= 4 is 33.5 Å². The number of benzene rings is 2. The minimum absolute atomic E-state index is 0.246. The van der Waals surface area contributed by atoms with Crippen LogP contribution in [0.4, 0.5) is 0 Å². The smallest absolute Gasteiger partial charge is 0.315 e. The van der Waals surface area contributed by atoms with Crippen LogP contribution in [0.15, 0.2) is 53.0 Å². The van der Waals surface area contributed by atoms with Gasteiger partial charge in [-0.2, -0.15) is 0 Å². The summed E-state index contributed by atoms with van der Waals surface area (Å²) in [5.74, 6) is 0.171. The van der Waals surface area contributed by atoms with Crippen LogP contribution in [0.25, 0.3) is 0 Å². The highest BCUT2D eigenvalue weighted by Crippen LogP contribution is 2.28. The van der Waals surface area contributed by atoms with Gasteiger partial charge in [0.1, 0.15) is 5.75 Å². The van der Waals surface area contributed by atoms with Crippen molar-refractivity contribution in [1.82, 2.24) is 0 Å². The molecule has 2 nitrogen and oxygen atoms in total. The van der Waals surface area contributed by atoms with Crippen molar-refractivity contribution in [3.63, 3.8) is 0 Å². The summed E-state index contributed by atoms with van der Waals surface area (Å²) in [6, 6.07) is 14.5. The lowest BCUT2D eigenvalue weighted by Gasteiger charge is -2.06. The van der Waals surface area contributed by atoms with E-state index in [4.69, 9.17) is 16.3 Å². The number of rotatable bonds is 3. The second-order valence-corrected chi connectivity index (χ2v) is 5.00. The number of hydrogen-bond acceptors (Lipinski definition) is 2. The van der Waals surface area contributed by atoms with E-state index in [1.807, 2.05) is 30.3 Å². The highest BCUT2D eigenvalue weighted by molar-refractivity contribution is 9.10. The minimum Gasteiger partial charge on any atom is -0.425 e. The van der Waals surface area contributed by atoms with Gasteiger partial charge in [0, 0.05) is 5.02 Å². The lowest BCUT2D eigenvalue weighted by atomic mass is 10.2. The summed E-state index contributed by atoms with van der Waals surface area (Å²) in [6.07, 6.45) is 0.246. The summed E-state index contributed by atoms with van der Waals surface area (Å²) >= 11 is 9.11. The van der Waals surface area contributed by atoms with Crippen LogP contribution in [0, 0.1) is 0 Å². The maximum absolute atomic E-state index is 11.7. The zero-order valence-corrected chi connectivity index (χ0v) is 11.7. The number of carbonyl (C=O) groups is 1. The van der Waals surface area contributed by atoms with Gasteiger partial charge in [-0.05, 0) is 39.7 Å². The van der Waals surface area contributed by atoms with Crippen molar-refractivity contribution in [2.45, 2.75) is 6.42 Å². The molecule has 0 saturated heterocycles. The first kappa shape index (κ1) is 13.1. The van der Waals surface area contributed by atoms with Crippen LogP contribution in [0.3, 0.4) is 0 Å². The second kappa shape index (κ2) is 6.03. The fourth-order valence-electron chi connectivity index (χ4n) is 1.48. The molecule has 0 bridgehead atoms. The highest BCUT2D eigenvalue weighted by Gasteiger charge is 2.09. The molecule has 0 saturated carbocycles. The Morgan fingerprint density at radius 1 is 1.17 bits per heavy atom. The molecule has 0 aliphatic heterocycles. The summed E-state index contributed by atoms with van der Waals surface area (Å²) < 4.78 is 5.92. The quantitative estimate of drug-likeness (QED) is 0.623. The van der Waals surface area contributed by atoms with Gasteiger partial charge < -0.3 is 4.74 Å². The predicted molar refractivity (Wildman–Crippen MR) is 74.9 cm³/mol. The topological polar surface area (TPSA) is 26.3 Å². The maximum Gasteiger partial charge on any atom is 0.315 e. The Balaban J connectivity index is 2.03. The lowest BCUT2D eigenvalue weighted by Crippen LogP contribution is -2.11. The summed E-state index contributed by atoms with van der Waals surface area (Å²) in [6.45, 7) is 0. The maximum atomic E-state index is 11.7. The second-order valence-electron chi connectivity index (χ2n) is 3.71. The minimum atomic E-state index is -0.302. The van der Waals surface area contributed by atoms with E-state index in [2.05, 4.69) is 15.9 Å². The van der Waals surface area contributed by atoms with Crippen LogP contribution in [-0.4, -0.2) is 5.97 Å². The molecule has 0 atom stereocenters. The van der Waals surface area contributed by atoms with Gasteiger partial charge in [-0.1, -0.05) is 41.9 Å². The molecule has 0 heterocycles. The zero-order chi connectivity index (χ0) is 13.0. The van der Waals surface area contributed by atoms with Gasteiger partial charge in [0.05, 0.1) is 10.9 Å². The normalized spacial score (nSPS) is 10.1. The number of esters is 1. The van der Waals surface area contributed by atoms with E-state index in [-0.39, 0.29) is 12.4 Å². The van der Waals surface area contributed by atoms with Crippen molar-refractivity contribution in [2.75, 3.05) is 0 Å². The van der Waals surface area contributed by atoms with E-state index in [9.17, 15) is 4.79 Å². The molecular weight excluding hydrogens is 316 g/mol. The summed E-state index contributed by atoms with van der Waals surface area (Å²) in [5.41, 5.74) is 0.924. The highest BCUT2D eigenvalue weighted by atomic mass is 79.9. The molecular formula is C14H10BrClO2. The first-order chi connectivity index (χ1) is 8.65. The molecule has 0 radical (unpaired) electrons. The van der Waals surface area contributed by atoms with Crippen LogP contribution in [0.1, 0.15) is 5.56 Å². The van der Waals surface area contributed by atoms with Gasteiger partial charge in [-0.15, -0.1) is 0 Å². The first-order valence-electron chi connectivity index (χ1n) is 5.35. The molecule has 2 rings (SSSR count). The fourth-order valence-corrected chi connectivity index (χ4v) is 2.24. The molecule has 0 spiro atoms. The molecule has 0 aromatic heterocycles. The van der Waals surface area contributed by atoms with Crippen LogP contribution >= 0.6 is 27.5 Å². The van der Waals surface area contributed by atoms with E-state index in [1.54, 1.807) is 18.2 Å².